The first-order valence-electron chi connectivity index (χ1n) is 7.22. The molecule has 0 aliphatic carbocycles. The maximum Gasteiger partial charge on any atom is 0.331 e. The van der Waals surface area contributed by atoms with E-state index in [4.69, 9.17) is 0 Å². The third-order valence-electron chi connectivity index (χ3n) is 2.98. The first-order chi connectivity index (χ1) is 11.1. The minimum Gasteiger partial charge on any atom is -0.318 e. The molecule has 4 nitrogen and oxygen atoms in total. The third-order valence-corrected chi connectivity index (χ3v) is 3.99. The van der Waals surface area contributed by atoms with E-state index in [-0.39, 0.29) is 11.5 Å². The topological polar surface area (TPSA) is 55.7 Å². The highest BCUT2D eigenvalue weighted by molar-refractivity contribution is 7.99. The van der Waals surface area contributed by atoms with Gasteiger partial charge < -0.3 is 4.84 Å². The second kappa shape index (κ2) is 8.29. The molecule has 0 aromatic heterocycles. The molecule has 0 spiro atoms. The second-order valence-electron chi connectivity index (χ2n) is 4.74. The molecule has 0 heterocycles. The molecule has 0 radical (unpaired) electrons. The number of ketones is 1. The van der Waals surface area contributed by atoms with Crippen molar-refractivity contribution < 1.29 is 14.4 Å². The lowest BCUT2D eigenvalue weighted by molar-refractivity contribution is -0.140. The van der Waals surface area contributed by atoms with E-state index in [1.54, 1.807) is 30.8 Å². The van der Waals surface area contributed by atoms with Gasteiger partial charge in [0.1, 0.15) is 5.71 Å². The predicted octanol–water partition coefficient (Wildman–Crippen LogP) is 4.35. The van der Waals surface area contributed by atoms with E-state index in [0.717, 1.165) is 9.79 Å². The van der Waals surface area contributed by atoms with Gasteiger partial charge in [-0.25, -0.2) is 4.79 Å². The number of Topliss-reactive ketones (excluding diaryl/α,β-unsaturated/α-hetero) is 1. The van der Waals surface area contributed by atoms with Gasteiger partial charge in [0.25, 0.3) is 0 Å². The lowest BCUT2D eigenvalue weighted by atomic mass is 10.1. The first-order valence-corrected chi connectivity index (χ1v) is 8.04. The zero-order chi connectivity index (χ0) is 16.7. The number of hydrogen-bond donors (Lipinski definition) is 0. The van der Waals surface area contributed by atoms with Gasteiger partial charge in [-0.15, -0.1) is 0 Å². The van der Waals surface area contributed by atoms with Crippen molar-refractivity contribution in [1.82, 2.24) is 0 Å². The third kappa shape index (κ3) is 5.07. The maximum atomic E-state index is 12.3. The van der Waals surface area contributed by atoms with Gasteiger partial charge in [0.2, 0.25) is 5.78 Å². The number of carbonyl (C=O) groups is 2. The summed E-state index contributed by atoms with van der Waals surface area (Å²) < 4.78 is 0. The Hall–Kier alpha value is -2.40. The zero-order valence-corrected chi connectivity index (χ0v) is 13.8. The van der Waals surface area contributed by atoms with E-state index in [0.29, 0.717) is 12.0 Å². The van der Waals surface area contributed by atoms with E-state index < -0.39 is 5.97 Å². The van der Waals surface area contributed by atoms with Crippen LogP contribution in [0.4, 0.5) is 0 Å². The van der Waals surface area contributed by atoms with Crippen LogP contribution in [0.15, 0.2) is 69.5 Å². The van der Waals surface area contributed by atoms with Gasteiger partial charge in [0.15, 0.2) is 0 Å². The molecule has 0 fully saturated rings. The van der Waals surface area contributed by atoms with Crippen molar-refractivity contribution >= 4 is 29.2 Å². The lowest BCUT2D eigenvalue weighted by Crippen LogP contribution is -2.14. The van der Waals surface area contributed by atoms with Crippen LogP contribution in [0.5, 0.6) is 0 Å². The fraction of sp³-hybridized carbons (Fsp3) is 0.167. The van der Waals surface area contributed by atoms with Crippen molar-refractivity contribution in [2.24, 2.45) is 5.16 Å². The maximum absolute atomic E-state index is 12.3. The number of carbonyl (C=O) groups excluding carboxylic acids is 2. The Balaban J connectivity index is 2.10. The summed E-state index contributed by atoms with van der Waals surface area (Å²) in [5, 5.41) is 3.62. The fourth-order valence-electron chi connectivity index (χ4n) is 1.85. The van der Waals surface area contributed by atoms with Gasteiger partial charge >= 0.3 is 5.97 Å². The highest BCUT2D eigenvalue weighted by Crippen LogP contribution is 2.27. The molecule has 23 heavy (non-hydrogen) atoms. The van der Waals surface area contributed by atoms with Crippen molar-refractivity contribution in [2.45, 2.75) is 30.1 Å². The molecule has 0 amide bonds. The van der Waals surface area contributed by atoms with Gasteiger partial charge in [-0.1, -0.05) is 42.0 Å². The molecule has 0 unspecified atom stereocenters. The highest BCUT2D eigenvalue weighted by atomic mass is 32.2. The molecule has 0 aliphatic heterocycles. The average Bonchev–Trinajstić information content (AvgIpc) is 2.56. The summed E-state index contributed by atoms with van der Waals surface area (Å²) in [5.74, 6) is -0.775. The van der Waals surface area contributed by atoms with Crippen molar-refractivity contribution in [3.63, 3.8) is 0 Å². The minimum atomic E-state index is -0.543. The quantitative estimate of drug-likeness (QED) is 0.342. The average molecular weight is 327 g/mol. The van der Waals surface area contributed by atoms with Crippen molar-refractivity contribution in [3.05, 3.63) is 60.2 Å². The summed E-state index contributed by atoms with van der Waals surface area (Å²) in [6.45, 7) is 3.04. The van der Waals surface area contributed by atoms with Crippen LogP contribution in [0, 0.1) is 0 Å². The standard InChI is InChI=1S/C18H17NO3S/c1-3-17(19-22-13(2)20)18(21)14-9-11-16(12-10-14)23-15-7-5-4-6-8-15/h4-12H,3H2,1-2H3. The van der Waals surface area contributed by atoms with Gasteiger partial charge in [-0.3, -0.25) is 4.79 Å². The molecule has 0 N–H and O–H groups in total. The summed E-state index contributed by atoms with van der Waals surface area (Å²) in [4.78, 5) is 29.9. The van der Waals surface area contributed by atoms with Crippen LogP contribution in [0.25, 0.3) is 0 Å². The summed E-state index contributed by atoms with van der Waals surface area (Å²) in [6, 6.07) is 17.3. The molecule has 0 aliphatic rings. The van der Waals surface area contributed by atoms with E-state index in [1.807, 2.05) is 42.5 Å². The molecule has 0 saturated heterocycles. The van der Waals surface area contributed by atoms with Crippen LogP contribution in [0.1, 0.15) is 30.6 Å². The second-order valence-corrected chi connectivity index (χ2v) is 5.89. The molecular weight excluding hydrogens is 310 g/mol. The molecule has 2 aromatic rings. The Morgan fingerprint density at radius 2 is 1.61 bits per heavy atom. The summed E-state index contributed by atoms with van der Waals surface area (Å²) in [7, 11) is 0. The van der Waals surface area contributed by atoms with Crippen LogP contribution in [0.2, 0.25) is 0 Å². The van der Waals surface area contributed by atoms with Crippen LogP contribution in [-0.4, -0.2) is 17.5 Å². The van der Waals surface area contributed by atoms with Crippen LogP contribution < -0.4 is 0 Å². The SMILES string of the molecule is CCC(=NOC(C)=O)C(=O)c1ccc(Sc2ccccc2)cc1. The van der Waals surface area contributed by atoms with E-state index in [2.05, 4.69) is 9.99 Å². The van der Waals surface area contributed by atoms with Gasteiger partial charge in [-0.05, 0) is 42.8 Å². The Kier molecular flexibility index (Phi) is 6.11. The summed E-state index contributed by atoms with van der Waals surface area (Å²) in [6.07, 6.45) is 0.395. The Morgan fingerprint density at radius 3 is 2.17 bits per heavy atom. The largest absolute Gasteiger partial charge is 0.331 e. The van der Waals surface area contributed by atoms with Crippen molar-refractivity contribution in [3.8, 4) is 0 Å². The summed E-state index contributed by atoms with van der Waals surface area (Å²) in [5.41, 5.74) is 0.749. The van der Waals surface area contributed by atoms with E-state index >= 15 is 0 Å². The lowest BCUT2D eigenvalue weighted by Gasteiger charge is -2.05. The molecule has 0 bridgehead atoms. The molecule has 5 heteroatoms. The molecule has 118 valence electrons. The molecule has 0 saturated carbocycles. The zero-order valence-electron chi connectivity index (χ0n) is 13.0. The van der Waals surface area contributed by atoms with Gasteiger partial charge in [0, 0.05) is 22.3 Å². The fourth-order valence-corrected chi connectivity index (χ4v) is 2.69. The first kappa shape index (κ1) is 17.0. The molecule has 2 aromatic carbocycles. The number of rotatable bonds is 6. The van der Waals surface area contributed by atoms with Gasteiger partial charge in [-0.2, -0.15) is 0 Å². The Bertz CT molecular complexity index is 709. The number of hydrogen-bond acceptors (Lipinski definition) is 5. The monoisotopic (exact) mass is 327 g/mol. The van der Waals surface area contributed by atoms with Crippen LogP contribution in [0.3, 0.4) is 0 Å². The number of oxime groups is 1. The smallest absolute Gasteiger partial charge is 0.318 e. The number of benzene rings is 2. The van der Waals surface area contributed by atoms with Crippen molar-refractivity contribution in [2.75, 3.05) is 0 Å². The van der Waals surface area contributed by atoms with E-state index in [1.165, 1.54) is 6.92 Å². The number of nitrogens with zero attached hydrogens (tertiary/aromatic N) is 1. The molecule has 2 rings (SSSR count). The van der Waals surface area contributed by atoms with Crippen LogP contribution >= 0.6 is 11.8 Å². The van der Waals surface area contributed by atoms with Crippen molar-refractivity contribution in [1.29, 1.82) is 0 Å². The molecule has 0 atom stereocenters. The Labute approximate surface area is 139 Å². The normalized spacial score (nSPS) is 11.1. The molecular formula is C18H17NO3S. The predicted molar refractivity (Wildman–Crippen MR) is 90.8 cm³/mol. The van der Waals surface area contributed by atoms with Gasteiger partial charge in [0.05, 0.1) is 0 Å². The highest BCUT2D eigenvalue weighted by Gasteiger charge is 2.13. The Morgan fingerprint density at radius 1 is 1.00 bits per heavy atom. The van der Waals surface area contributed by atoms with Crippen LogP contribution in [-0.2, 0) is 9.63 Å². The summed E-state index contributed by atoms with van der Waals surface area (Å²) >= 11 is 1.63. The minimum absolute atomic E-state index is 0.226. The van der Waals surface area contributed by atoms with E-state index in [9.17, 15) is 9.59 Å².